The Morgan fingerprint density at radius 2 is 1.96 bits per heavy atom. The van der Waals surface area contributed by atoms with Gasteiger partial charge in [-0.15, -0.1) is 0 Å². The Hall–Kier alpha value is -2.79. The van der Waals surface area contributed by atoms with Crippen LogP contribution in [0.2, 0.25) is 5.02 Å². The first-order chi connectivity index (χ1) is 12.0. The van der Waals surface area contributed by atoms with Crippen LogP contribution < -0.4 is 10.1 Å². The highest BCUT2D eigenvalue weighted by molar-refractivity contribution is 6.32. The molecule has 0 aliphatic rings. The summed E-state index contributed by atoms with van der Waals surface area (Å²) in [6.07, 6.45) is 1.77. The standard InChI is InChI=1S/C19H18ClNO4/c1-2-10-25-17-9-8-14(12-15(17)20)18(22)21-16(19(23)24)11-13-6-4-3-5-7-13/h2-9,12,16H,1,10-11H2,(H,21,22)(H,23,24). The van der Waals surface area contributed by atoms with Crippen LogP contribution in [0.3, 0.4) is 0 Å². The molecule has 0 aromatic heterocycles. The minimum Gasteiger partial charge on any atom is -0.488 e. The van der Waals surface area contributed by atoms with Crippen molar-refractivity contribution in [1.29, 1.82) is 0 Å². The predicted molar refractivity (Wildman–Crippen MR) is 96.2 cm³/mol. The lowest BCUT2D eigenvalue weighted by Crippen LogP contribution is -2.42. The number of halogens is 1. The van der Waals surface area contributed by atoms with E-state index in [1.807, 2.05) is 30.3 Å². The average molecular weight is 360 g/mol. The molecule has 0 radical (unpaired) electrons. The van der Waals surface area contributed by atoms with Gasteiger partial charge in [-0.1, -0.05) is 54.6 Å². The first-order valence-corrected chi connectivity index (χ1v) is 8.00. The summed E-state index contributed by atoms with van der Waals surface area (Å²) in [6.45, 7) is 3.84. The van der Waals surface area contributed by atoms with Crippen molar-refractivity contribution in [3.63, 3.8) is 0 Å². The van der Waals surface area contributed by atoms with E-state index in [0.29, 0.717) is 12.4 Å². The fourth-order valence-corrected chi connectivity index (χ4v) is 2.43. The van der Waals surface area contributed by atoms with Gasteiger partial charge in [-0.25, -0.2) is 4.79 Å². The number of nitrogens with one attached hydrogen (secondary N) is 1. The lowest BCUT2D eigenvalue weighted by molar-refractivity contribution is -0.139. The van der Waals surface area contributed by atoms with E-state index in [4.69, 9.17) is 16.3 Å². The van der Waals surface area contributed by atoms with Crippen LogP contribution in [0.25, 0.3) is 0 Å². The Morgan fingerprint density at radius 3 is 2.56 bits per heavy atom. The molecule has 5 nitrogen and oxygen atoms in total. The summed E-state index contributed by atoms with van der Waals surface area (Å²) in [5.41, 5.74) is 1.08. The third kappa shape index (κ3) is 5.36. The molecule has 0 heterocycles. The molecule has 6 heteroatoms. The van der Waals surface area contributed by atoms with Crippen LogP contribution in [-0.2, 0) is 11.2 Å². The van der Waals surface area contributed by atoms with Crippen LogP contribution in [-0.4, -0.2) is 29.6 Å². The molecule has 0 aliphatic heterocycles. The van der Waals surface area contributed by atoms with Crippen molar-refractivity contribution < 1.29 is 19.4 Å². The highest BCUT2D eigenvalue weighted by Gasteiger charge is 2.21. The van der Waals surface area contributed by atoms with Crippen molar-refractivity contribution in [1.82, 2.24) is 5.32 Å². The number of carbonyl (C=O) groups excluding carboxylic acids is 1. The van der Waals surface area contributed by atoms with Gasteiger partial charge in [0.15, 0.2) is 0 Å². The number of carboxylic acids is 1. The molecule has 25 heavy (non-hydrogen) atoms. The molecule has 2 aromatic rings. The van der Waals surface area contributed by atoms with Gasteiger partial charge < -0.3 is 15.2 Å². The SMILES string of the molecule is C=CCOc1ccc(C(=O)NC(Cc2ccccc2)C(=O)O)cc1Cl. The Kier molecular flexibility index (Phi) is 6.60. The number of rotatable bonds is 8. The van der Waals surface area contributed by atoms with Crippen LogP contribution in [0, 0.1) is 0 Å². The van der Waals surface area contributed by atoms with Crippen LogP contribution in [0.5, 0.6) is 5.75 Å². The van der Waals surface area contributed by atoms with Gasteiger partial charge in [0.1, 0.15) is 18.4 Å². The van der Waals surface area contributed by atoms with Gasteiger partial charge in [0.2, 0.25) is 0 Å². The van der Waals surface area contributed by atoms with Crippen molar-refractivity contribution >= 4 is 23.5 Å². The topological polar surface area (TPSA) is 75.6 Å². The van der Waals surface area contributed by atoms with Gasteiger partial charge >= 0.3 is 5.97 Å². The van der Waals surface area contributed by atoms with E-state index in [-0.39, 0.29) is 17.0 Å². The molecule has 0 aliphatic carbocycles. The van der Waals surface area contributed by atoms with Crippen LogP contribution in [0.15, 0.2) is 61.2 Å². The highest BCUT2D eigenvalue weighted by atomic mass is 35.5. The smallest absolute Gasteiger partial charge is 0.326 e. The van der Waals surface area contributed by atoms with E-state index < -0.39 is 17.9 Å². The molecule has 0 saturated carbocycles. The molecule has 1 unspecified atom stereocenters. The molecule has 1 amide bonds. The van der Waals surface area contributed by atoms with E-state index >= 15 is 0 Å². The van der Waals surface area contributed by atoms with Gasteiger partial charge in [0, 0.05) is 12.0 Å². The molecule has 0 bridgehead atoms. The summed E-state index contributed by atoms with van der Waals surface area (Å²) in [5.74, 6) is -1.19. The first kappa shape index (κ1) is 18.5. The fraction of sp³-hybridized carbons (Fsp3) is 0.158. The lowest BCUT2D eigenvalue weighted by atomic mass is 10.1. The predicted octanol–water partition coefficient (Wildman–Crippen LogP) is 3.33. The maximum atomic E-state index is 12.3. The number of benzene rings is 2. The molecular weight excluding hydrogens is 342 g/mol. The maximum Gasteiger partial charge on any atom is 0.326 e. The molecule has 130 valence electrons. The second-order valence-electron chi connectivity index (χ2n) is 5.30. The summed E-state index contributed by atoms with van der Waals surface area (Å²) >= 11 is 6.08. The van der Waals surface area contributed by atoms with Crippen molar-refractivity contribution in [3.05, 3.63) is 77.3 Å². The lowest BCUT2D eigenvalue weighted by Gasteiger charge is -2.15. The number of aliphatic carboxylic acids is 1. The second-order valence-corrected chi connectivity index (χ2v) is 5.71. The average Bonchev–Trinajstić information content (AvgIpc) is 2.60. The van der Waals surface area contributed by atoms with E-state index in [1.165, 1.54) is 12.1 Å². The summed E-state index contributed by atoms with van der Waals surface area (Å²) in [4.78, 5) is 23.8. The Labute approximate surface area is 150 Å². The molecule has 0 fully saturated rings. The zero-order chi connectivity index (χ0) is 18.2. The zero-order valence-electron chi connectivity index (χ0n) is 13.4. The largest absolute Gasteiger partial charge is 0.488 e. The molecule has 2 rings (SSSR count). The van der Waals surface area contributed by atoms with Crippen LogP contribution in [0.1, 0.15) is 15.9 Å². The van der Waals surface area contributed by atoms with Crippen molar-refractivity contribution in [3.8, 4) is 5.75 Å². The van der Waals surface area contributed by atoms with Crippen molar-refractivity contribution in [2.24, 2.45) is 0 Å². The molecule has 0 spiro atoms. The number of amides is 1. The third-order valence-electron chi connectivity index (χ3n) is 3.44. The van der Waals surface area contributed by atoms with Gasteiger partial charge in [0.25, 0.3) is 5.91 Å². The minimum atomic E-state index is -1.10. The normalized spacial score (nSPS) is 11.4. The summed E-state index contributed by atoms with van der Waals surface area (Å²) in [6, 6.07) is 12.6. The minimum absolute atomic E-state index is 0.191. The van der Waals surface area contributed by atoms with E-state index in [9.17, 15) is 14.7 Å². The van der Waals surface area contributed by atoms with Crippen molar-refractivity contribution in [2.75, 3.05) is 6.61 Å². The monoisotopic (exact) mass is 359 g/mol. The summed E-state index contributed by atoms with van der Waals surface area (Å²) in [5, 5.41) is 12.1. The van der Waals surface area contributed by atoms with Gasteiger partial charge in [-0.05, 0) is 23.8 Å². The first-order valence-electron chi connectivity index (χ1n) is 7.62. The molecule has 1 atom stereocenters. The number of ether oxygens (including phenoxy) is 1. The second kappa shape index (κ2) is 8.89. The molecule has 2 N–H and O–H groups in total. The van der Waals surface area contributed by atoms with Gasteiger partial charge in [-0.2, -0.15) is 0 Å². The molecule has 0 saturated heterocycles. The zero-order valence-corrected chi connectivity index (χ0v) is 14.2. The van der Waals surface area contributed by atoms with Gasteiger partial charge in [0.05, 0.1) is 5.02 Å². The van der Waals surface area contributed by atoms with Crippen molar-refractivity contribution in [2.45, 2.75) is 12.5 Å². The van der Waals surface area contributed by atoms with E-state index in [0.717, 1.165) is 5.56 Å². The van der Waals surface area contributed by atoms with Gasteiger partial charge in [-0.3, -0.25) is 4.79 Å². The molecular formula is C19H18ClNO4. The Balaban J connectivity index is 2.09. The quantitative estimate of drug-likeness (QED) is 0.709. The third-order valence-corrected chi connectivity index (χ3v) is 3.73. The number of carbonyl (C=O) groups is 2. The Bertz CT molecular complexity index is 761. The maximum absolute atomic E-state index is 12.3. The summed E-state index contributed by atoms with van der Waals surface area (Å²) < 4.78 is 5.34. The molecule has 2 aromatic carbocycles. The van der Waals surface area contributed by atoms with Crippen LogP contribution >= 0.6 is 11.6 Å². The highest BCUT2D eigenvalue weighted by Crippen LogP contribution is 2.25. The number of carboxylic acid groups (broad SMARTS) is 1. The fourth-order valence-electron chi connectivity index (χ4n) is 2.20. The van der Waals surface area contributed by atoms with E-state index in [1.54, 1.807) is 12.1 Å². The number of hydrogen-bond acceptors (Lipinski definition) is 3. The summed E-state index contributed by atoms with van der Waals surface area (Å²) in [7, 11) is 0. The Morgan fingerprint density at radius 1 is 1.24 bits per heavy atom. The number of hydrogen-bond donors (Lipinski definition) is 2. The van der Waals surface area contributed by atoms with E-state index in [2.05, 4.69) is 11.9 Å². The van der Waals surface area contributed by atoms with Crippen LogP contribution in [0.4, 0.5) is 0 Å².